The largest absolute Gasteiger partial charge is 0.465 e. The molecule has 0 fully saturated rings. The predicted octanol–water partition coefficient (Wildman–Crippen LogP) is 2.94. The second-order valence-corrected chi connectivity index (χ2v) is 5.49. The number of nitrogens with one attached hydrogen (secondary N) is 1. The van der Waals surface area contributed by atoms with Crippen LogP contribution in [0.5, 0.6) is 0 Å². The quantitative estimate of drug-likeness (QED) is 0.487. The lowest BCUT2D eigenvalue weighted by Crippen LogP contribution is -2.07. The molecular formula is C15H17ClN4O4. The molecule has 0 aliphatic rings. The third kappa shape index (κ3) is 3.65. The minimum Gasteiger partial charge on any atom is -0.465 e. The van der Waals surface area contributed by atoms with Gasteiger partial charge in [0.05, 0.1) is 28.3 Å². The van der Waals surface area contributed by atoms with Crippen LogP contribution >= 0.6 is 11.6 Å². The summed E-state index contributed by atoms with van der Waals surface area (Å²) < 4.78 is 6.27. The lowest BCUT2D eigenvalue weighted by Gasteiger charge is -2.10. The number of nitro benzene ring substituents is 1. The van der Waals surface area contributed by atoms with Crippen molar-refractivity contribution in [3.05, 3.63) is 50.3 Å². The minimum atomic E-state index is -0.727. The molecule has 8 nitrogen and oxygen atoms in total. The highest BCUT2D eigenvalue weighted by Gasteiger charge is 2.22. The van der Waals surface area contributed by atoms with Crippen molar-refractivity contribution >= 4 is 28.9 Å². The van der Waals surface area contributed by atoms with Crippen molar-refractivity contribution < 1.29 is 14.5 Å². The van der Waals surface area contributed by atoms with Gasteiger partial charge < -0.3 is 10.1 Å². The summed E-state index contributed by atoms with van der Waals surface area (Å²) in [5.41, 5.74) is 1.77. The number of anilines is 1. The zero-order chi connectivity index (χ0) is 17.9. The first-order valence-corrected chi connectivity index (χ1v) is 7.56. The highest BCUT2D eigenvalue weighted by atomic mass is 35.5. The Morgan fingerprint density at radius 2 is 2.21 bits per heavy atom. The monoisotopic (exact) mass is 352 g/mol. The van der Waals surface area contributed by atoms with E-state index in [4.69, 9.17) is 11.6 Å². The third-order valence-electron chi connectivity index (χ3n) is 3.48. The molecule has 1 aromatic heterocycles. The van der Waals surface area contributed by atoms with Gasteiger partial charge in [0, 0.05) is 31.4 Å². The zero-order valence-corrected chi connectivity index (χ0v) is 14.3. The molecule has 1 aromatic carbocycles. The second kappa shape index (κ2) is 7.31. The molecule has 128 valence electrons. The maximum Gasteiger partial charge on any atom is 0.339 e. The zero-order valence-electron chi connectivity index (χ0n) is 13.5. The molecule has 24 heavy (non-hydrogen) atoms. The second-order valence-electron chi connectivity index (χ2n) is 5.08. The fourth-order valence-corrected chi connectivity index (χ4v) is 2.58. The van der Waals surface area contributed by atoms with Gasteiger partial charge in [0.25, 0.3) is 5.69 Å². The molecule has 0 saturated heterocycles. The fourth-order valence-electron chi connectivity index (χ4n) is 2.34. The Hall–Kier alpha value is -2.61. The first-order chi connectivity index (χ1) is 11.4. The number of nitrogens with zero attached hydrogens (tertiary/aromatic N) is 3. The molecule has 0 unspecified atom stereocenters. The van der Waals surface area contributed by atoms with E-state index in [9.17, 15) is 14.9 Å². The Kier molecular flexibility index (Phi) is 5.40. The molecule has 0 radical (unpaired) electrons. The van der Waals surface area contributed by atoms with Crippen LogP contribution in [0, 0.1) is 10.1 Å². The van der Waals surface area contributed by atoms with Crippen LogP contribution < -0.4 is 5.32 Å². The third-order valence-corrected chi connectivity index (χ3v) is 3.80. The maximum absolute atomic E-state index is 11.6. The predicted molar refractivity (Wildman–Crippen MR) is 89.4 cm³/mol. The number of carbonyl (C=O) groups excluding carboxylic acids is 1. The van der Waals surface area contributed by atoms with E-state index in [0.717, 1.165) is 23.7 Å². The Morgan fingerprint density at radius 1 is 1.50 bits per heavy atom. The van der Waals surface area contributed by atoms with Gasteiger partial charge in [0.15, 0.2) is 0 Å². The Labute approximate surface area is 143 Å². The summed E-state index contributed by atoms with van der Waals surface area (Å²) in [5.74, 6) is -0.727. The average molecular weight is 353 g/mol. The van der Waals surface area contributed by atoms with Crippen molar-refractivity contribution in [3.8, 4) is 0 Å². The van der Waals surface area contributed by atoms with E-state index in [-0.39, 0.29) is 22.0 Å². The standard InChI is InChI=1S/C15H17ClN4O4/c1-4-12-9(8-19(2)18-12)7-17-13-6-11(16)10(15(21)24-3)5-14(13)20(22)23/h5-6,8,17H,4,7H2,1-3H3. The van der Waals surface area contributed by atoms with Gasteiger partial charge in [-0.1, -0.05) is 18.5 Å². The number of esters is 1. The van der Waals surface area contributed by atoms with E-state index in [1.807, 2.05) is 20.2 Å². The molecule has 0 aliphatic carbocycles. The van der Waals surface area contributed by atoms with Crippen LogP contribution in [0.15, 0.2) is 18.3 Å². The van der Waals surface area contributed by atoms with E-state index < -0.39 is 10.9 Å². The van der Waals surface area contributed by atoms with Gasteiger partial charge in [-0.3, -0.25) is 14.8 Å². The van der Waals surface area contributed by atoms with Crippen LogP contribution in [0.1, 0.15) is 28.5 Å². The van der Waals surface area contributed by atoms with E-state index in [1.54, 1.807) is 4.68 Å². The van der Waals surface area contributed by atoms with Crippen LogP contribution in [-0.2, 0) is 24.8 Å². The number of hydrogen-bond donors (Lipinski definition) is 1. The molecule has 1 N–H and O–H groups in total. The van der Waals surface area contributed by atoms with Gasteiger partial charge in [-0.2, -0.15) is 5.10 Å². The number of ether oxygens (including phenoxy) is 1. The van der Waals surface area contributed by atoms with Crippen LogP contribution in [0.3, 0.4) is 0 Å². The molecule has 9 heteroatoms. The highest BCUT2D eigenvalue weighted by Crippen LogP contribution is 2.32. The Balaban J connectivity index is 2.34. The summed E-state index contributed by atoms with van der Waals surface area (Å²) in [5, 5.41) is 18.7. The van der Waals surface area contributed by atoms with Gasteiger partial charge in [-0.25, -0.2) is 4.79 Å². The summed E-state index contributed by atoms with van der Waals surface area (Å²) in [6, 6.07) is 2.47. The molecule has 0 amide bonds. The first-order valence-electron chi connectivity index (χ1n) is 7.18. The van der Waals surface area contributed by atoms with Crippen LogP contribution in [0.25, 0.3) is 0 Å². The van der Waals surface area contributed by atoms with Crippen molar-refractivity contribution in [2.45, 2.75) is 19.9 Å². The number of rotatable bonds is 6. The van der Waals surface area contributed by atoms with Crippen molar-refractivity contribution in [2.24, 2.45) is 7.05 Å². The molecule has 1 heterocycles. The molecule has 2 aromatic rings. The maximum atomic E-state index is 11.6. The summed E-state index contributed by atoms with van der Waals surface area (Å²) in [6.07, 6.45) is 2.60. The summed E-state index contributed by atoms with van der Waals surface area (Å²) >= 11 is 6.04. The SMILES string of the molecule is CCc1nn(C)cc1CNc1cc(Cl)c(C(=O)OC)cc1[N+](=O)[O-]. The normalized spacial score (nSPS) is 10.5. The number of methoxy groups -OCH3 is 1. The number of carbonyl (C=O) groups is 1. The number of hydrogen-bond acceptors (Lipinski definition) is 6. The summed E-state index contributed by atoms with van der Waals surface area (Å²) in [7, 11) is 3.00. The van der Waals surface area contributed by atoms with Gasteiger partial charge in [0.2, 0.25) is 0 Å². The molecule has 2 rings (SSSR count). The van der Waals surface area contributed by atoms with Crippen LogP contribution in [-0.4, -0.2) is 27.8 Å². The fraction of sp³-hybridized carbons (Fsp3) is 0.333. The van der Waals surface area contributed by atoms with Crippen molar-refractivity contribution in [2.75, 3.05) is 12.4 Å². The topological polar surface area (TPSA) is 99.3 Å². The molecule has 0 aliphatic heterocycles. The number of aromatic nitrogens is 2. The number of halogens is 1. The highest BCUT2D eigenvalue weighted by molar-refractivity contribution is 6.34. The van der Waals surface area contributed by atoms with Crippen molar-refractivity contribution in [1.29, 1.82) is 0 Å². The van der Waals surface area contributed by atoms with Gasteiger partial charge >= 0.3 is 5.97 Å². The average Bonchev–Trinajstić information content (AvgIpc) is 2.91. The smallest absolute Gasteiger partial charge is 0.339 e. The van der Waals surface area contributed by atoms with Crippen LogP contribution in [0.4, 0.5) is 11.4 Å². The summed E-state index contributed by atoms with van der Waals surface area (Å²) in [6.45, 7) is 2.34. The lowest BCUT2D eigenvalue weighted by atomic mass is 10.1. The van der Waals surface area contributed by atoms with E-state index >= 15 is 0 Å². The lowest BCUT2D eigenvalue weighted by molar-refractivity contribution is -0.384. The van der Waals surface area contributed by atoms with Gasteiger partial charge in [0.1, 0.15) is 5.69 Å². The Morgan fingerprint density at radius 3 is 2.79 bits per heavy atom. The van der Waals surface area contributed by atoms with Gasteiger partial charge in [-0.05, 0) is 12.5 Å². The number of aryl methyl sites for hydroxylation is 2. The number of benzene rings is 1. The molecule has 0 saturated carbocycles. The molecular weight excluding hydrogens is 336 g/mol. The number of nitro groups is 1. The first kappa shape index (κ1) is 17.7. The molecule has 0 spiro atoms. The minimum absolute atomic E-state index is 0.0490. The van der Waals surface area contributed by atoms with Crippen molar-refractivity contribution in [3.63, 3.8) is 0 Å². The molecule has 0 atom stereocenters. The van der Waals surface area contributed by atoms with E-state index in [1.165, 1.54) is 13.2 Å². The van der Waals surface area contributed by atoms with Crippen molar-refractivity contribution in [1.82, 2.24) is 9.78 Å². The van der Waals surface area contributed by atoms with E-state index in [2.05, 4.69) is 15.2 Å². The van der Waals surface area contributed by atoms with Gasteiger partial charge in [-0.15, -0.1) is 0 Å². The van der Waals surface area contributed by atoms with Crippen LogP contribution in [0.2, 0.25) is 5.02 Å². The molecule has 0 bridgehead atoms. The summed E-state index contributed by atoms with van der Waals surface area (Å²) in [4.78, 5) is 22.3. The van der Waals surface area contributed by atoms with E-state index in [0.29, 0.717) is 6.54 Å². The Bertz CT molecular complexity index is 788.